The van der Waals surface area contributed by atoms with Crippen LogP contribution in [-0.2, 0) is 30.5 Å². The Morgan fingerprint density at radius 1 is 1.24 bits per heavy atom. The second-order valence-electron chi connectivity index (χ2n) is 7.98. The summed E-state index contributed by atoms with van der Waals surface area (Å²) in [6.45, 7) is 3.65. The minimum Gasteiger partial charge on any atom is -0.376 e. The van der Waals surface area contributed by atoms with Gasteiger partial charge in [0.2, 0.25) is 0 Å². The van der Waals surface area contributed by atoms with Gasteiger partial charge in [-0.2, -0.15) is 10.2 Å². The van der Waals surface area contributed by atoms with Crippen molar-refractivity contribution in [2.45, 2.75) is 49.7 Å². The summed E-state index contributed by atoms with van der Waals surface area (Å²) in [5.41, 5.74) is 3.08. The third kappa shape index (κ3) is 4.53. The van der Waals surface area contributed by atoms with Crippen molar-refractivity contribution in [1.82, 2.24) is 39.3 Å². The highest BCUT2D eigenvalue weighted by molar-refractivity contribution is 7.98. The van der Waals surface area contributed by atoms with Crippen LogP contribution in [0.5, 0.6) is 0 Å². The fraction of sp³-hybridized carbons (Fsp3) is 0.409. The van der Waals surface area contributed by atoms with Crippen LogP contribution in [0, 0.1) is 4.77 Å². The van der Waals surface area contributed by atoms with Gasteiger partial charge in [0.25, 0.3) is 0 Å². The van der Waals surface area contributed by atoms with Gasteiger partial charge in [0.1, 0.15) is 11.5 Å². The molecule has 1 saturated heterocycles. The first-order chi connectivity index (χ1) is 16.1. The molecule has 11 heteroatoms. The van der Waals surface area contributed by atoms with Gasteiger partial charge in [0, 0.05) is 19.9 Å². The summed E-state index contributed by atoms with van der Waals surface area (Å²) in [6, 6.07) is 10.2. The summed E-state index contributed by atoms with van der Waals surface area (Å²) >= 11 is 7.15. The molecule has 4 aromatic rings. The average molecular weight is 483 g/mol. The predicted octanol–water partition coefficient (Wildman–Crippen LogP) is 3.96. The second-order valence-corrected chi connectivity index (χ2v) is 9.31. The predicted molar refractivity (Wildman–Crippen MR) is 129 cm³/mol. The van der Waals surface area contributed by atoms with Crippen LogP contribution in [0.15, 0.2) is 41.7 Å². The van der Waals surface area contributed by atoms with Gasteiger partial charge >= 0.3 is 0 Å². The van der Waals surface area contributed by atoms with E-state index >= 15 is 0 Å². The van der Waals surface area contributed by atoms with E-state index in [0.29, 0.717) is 17.1 Å². The lowest BCUT2D eigenvalue weighted by Crippen LogP contribution is -2.17. The van der Waals surface area contributed by atoms with Crippen LogP contribution in [0.3, 0.4) is 0 Å². The molecule has 1 aliphatic heterocycles. The Morgan fingerprint density at radius 2 is 2.12 bits per heavy atom. The molecule has 0 amide bonds. The number of nitrogens with zero attached hydrogens (tertiary/aromatic N) is 7. The van der Waals surface area contributed by atoms with Crippen LogP contribution in [-0.4, -0.2) is 52.0 Å². The van der Waals surface area contributed by atoms with Gasteiger partial charge in [-0.05, 0) is 49.2 Å². The van der Waals surface area contributed by atoms with Gasteiger partial charge in [-0.1, -0.05) is 36.9 Å². The first-order valence-corrected chi connectivity index (χ1v) is 12.5. The fourth-order valence-electron chi connectivity index (χ4n) is 4.11. The minimum atomic E-state index is 0.161. The number of H-pyrrole nitrogens is 1. The highest BCUT2D eigenvalue weighted by atomic mass is 32.2. The van der Waals surface area contributed by atoms with Crippen molar-refractivity contribution in [2.75, 3.05) is 6.61 Å². The number of aryl methyl sites for hydroxylation is 2. The van der Waals surface area contributed by atoms with Gasteiger partial charge in [-0.3, -0.25) is 18.9 Å². The molecule has 1 atom stereocenters. The lowest BCUT2D eigenvalue weighted by Gasteiger charge is -2.14. The number of thioether (sulfide) groups is 1. The number of hydrogen-bond donors (Lipinski definition) is 1. The molecule has 172 valence electrons. The van der Waals surface area contributed by atoms with Crippen molar-refractivity contribution >= 4 is 24.0 Å². The zero-order valence-corrected chi connectivity index (χ0v) is 20.3. The summed E-state index contributed by atoms with van der Waals surface area (Å²) in [5, 5.41) is 21.8. The molecule has 1 aliphatic rings. The van der Waals surface area contributed by atoms with E-state index in [2.05, 4.69) is 49.1 Å². The van der Waals surface area contributed by atoms with E-state index in [1.807, 2.05) is 36.0 Å². The number of benzene rings is 1. The lowest BCUT2D eigenvalue weighted by atomic mass is 10.1. The van der Waals surface area contributed by atoms with Crippen molar-refractivity contribution in [3.8, 4) is 17.2 Å². The van der Waals surface area contributed by atoms with Gasteiger partial charge in [0.05, 0.1) is 24.1 Å². The molecule has 0 unspecified atom stereocenters. The average Bonchev–Trinajstić information content (AvgIpc) is 3.62. The van der Waals surface area contributed by atoms with Gasteiger partial charge in [-0.15, -0.1) is 10.2 Å². The normalized spacial score (nSPS) is 16.0. The lowest BCUT2D eigenvalue weighted by molar-refractivity contribution is 0.0953. The fourth-order valence-corrected chi connectivity index (χ4v) is 5.22. The quantitative estimate of drug-likeness (QED) is 0.300. The molecule has 1 aromatic carbocycles. The van der Waals surface area contributed by atoms with E-state index in [-0.39, 0.29) is 6.10 Å². The smallest absolute Gasteiger partial charge is 0.199 e. The molecule has 0 saturated carbocycles. The maximum absolute atomic E-state index is 5.90. The third-order valence-electron chi connectivity index (χ3n) is 5.76. The molecule has 33 heavy (non-hydrogen) atoms. The number of aromatic amines is 1. The molecular weight excluding hydrogens is 456 g/mol. The molecule has 0 bridgehead atoms. The van der Waals surface area contributed by atoms with Crippen LogP contribution in [0.4, 0.5) is 0 Å². The van der Waals surface area contributed by atoms with E-state index in [1.165, 1.54) is 5.56 Å². The number of nitrogens with one attached hydrogen (secondary N) is 1. The summed E-state index contributed by atoms with van der Waals surface area (Å²) in [6.07, 6.45) is 5.11. The molecule has 0 aliphatic carbocycles. The SMILES string of the molecule is CCc1ccccc1-n1c(CSc2nnc(-c3ccn(C)n3)n2C[C@@H]2CCCO2)n[nH]c1=S. The molecule has 4 heterocycles. The van der Waals surface area contributed by atoms with E-state index < -0.39 is 0 Å². The Balaban J connectivity index is 1.45. The molecule has 5 rings (SSSR count). The summed E-state index contributed by atoms with van der Waals surface area (Å²) in [7, 11) is 1.90. The van der Waals surface area contributed by atoms with Crippen molar-refractivity contribution in [1.29, 1.82) is 0 Å². The molecule has 9 nitrogen and oxygen atoms in total. The third-order valence-corrected chi connectivity index (χ3v) is 6.99. The topological polar surface area (TPSA) is 91.4 Å². The highest BCUT2D eigenvalue weighted by Gasteiger charge is 2.23. The monoisotopic (exact) mass is 482 g/mol. The van der Waals surface area contributed by atoms with Crippen molar-refractivity contribution in [2.24, 2.45) is 7.05 Å². The number of rotatable bonds is 8. The Labute approximate surface area is 201 Å². The van der Waals surface area contributed by atoms with Crippen LogP contribution in [0.25, 0.3) is 17.2 Å². The number of aromatic nitrogens is 8. The van der Waals surface area contributed by atoms with Gasteiger partial charge in [0.15, 0.2) is 15.8 Å². The summed E-state index contributed by atoms with van der Waals surface area (Å²) < 4.78 is 12.4. The van der Waals surface area contributed by atoms with Crippen LogP contribution in [0.1, 0.15) is 31.2 Å². The second kappa shape index (κ2) is 9.62. The number of hydrogen-bond acceptors (Lipinski definition) is 7. The van der Waals surface area contributed by atoms with Crippen molar-refractivity contribution in [3.63, 3.8) is 0 Å². The Morgan fingerprint density at radius 3 is 2.88 bits per heavy atom. The highest BCUT2D eigenvalue weighted by Crippen LogP contribution is 2.28. The molecule has 1 N–H and O–H groups in total. The van der Waals surface area contributed by atoms with Crippen LogP contribution in [0.2, 0.25) is 0 Å². The Hall–Kier alpha value is -2.76. The zero-order valence-electron chi connectivity index (χ0n) is 18.6. The summed E-state index contributed by atoms with van der Waals surface area (Å²) in [5.74, 6) is 2.19. The molecule has 0 radical (unpaired) electrons. The van der Waals surface area contributed by atoms with E-state index in [4.69, 9.17) is 17.0 Å². The molecule has 0 spiro atoms. The van der Waals surface area contributed by atoms with Gasteiger partial charge in [-0.25, -0.2) is 0 Å². The Kier molecular flexibility index (Phi) is 6.43. The van der Waals surface area contributed by atoms with Gasteiger partial charge < -0.3 is 4.74 Å². The van der Waals surface area contributed by atoms with Crippen LogP contribution >= 0.6 is 24.0 Å². The standard InChI is InChI=1S/C22H26N8OS2/c1-3-15-7-4-5-9-18(15)30-19(23-25-21(30)32)14-33-22-26-24-20(17-10-11-28(2)27-17)29(22)13-16-8-6-12-31-16/h4-5,7,9-11,16H,3,6,8,12-14H2,1-2H3,(H,25,32)/t16-/m0/s1. The molecule has 3 aromatic heterocycles. The van der Waals surface area contributed by atoms with E-state index in [1.54, 1.807) is 16.4 Å². The van der Waals surface area contributed by atoms with E-state index in [0.717, 1.165) is 54.1 Å². The first-order valence-electron chi connectivity index (χ1n) is 11.1. The number of ether oxygens (including phenoxy) is 1. The largest absolute Gasteiger partial charge is 0.376 e. The maximum atomic E-state index is 5.90. The molecular formula is C22H26N8OS2. The first kappa shape index (κ1) is 22.1. The van der Waals surface area contributed by atoms with Crippen molar-refractivity contribution < 1.29 is 4.74 Å². The minimum absolute atomic E-state index is 0.161. The Bertz CT molecular complexity index is 1300. The van der Waals surface area contributed by atoms with Crippen LogP contribution < -0.4 is 0 Å². The molecule has 1 fully saturated rings. The number of para-hydroxylation sites is 1. The zero-order chi connectivity index (χ0) is 22.8. The summed E-state index contributed by atoms with van der Waals surface area (Å²) in [4.78, 5) is 0. The van der Waals surface area contributed by atoms with E-state index in [9.17, 15) is 0 Å². The maximum Gasteiger partial charge on any atom is 0.199 e. The van der Waals surface area contributed by atoms with Crippen molar-refractivity contribution in [3.05, 3.63) is 52.7 Å².